The van der Waals surface area contributed by atoms with Gasteiger partial charge in [-0.1, -0.05) is 24.3 Å². The van der Waals surface area contributed by atoms with Crippen LogP contribution in [0.2, 0.25) is 0 Å². The van der Waals surface area contributed by atoms with Crippen LogP contribution in [0.25, 0.3) is 17.2 Å². The first-order chi connectivity index (χ1) is 20.7. The highest BCUT2D eigenvalue weighted by atomic mass is 19.4. The summed E-state index contributed by atoms with van der Waals surface area (Å²) < 4.78 is 60.6. The zero-order valence-corrected chi connectivity index (χ0v) is 23.0. The van der Waals surface area contributed by atoms with Crippen molar-refractivity contribution in [3.63, 3.8) is 0 Å². The van der Waals surface area contributed by atoms with Crippen LogP contribution in [-0.4, -0.2) is 31.3 Å². The topological polar surface area (TPSA) is 103 Å². The zero-order valence-electron chi connectivity index (χ0n) is 23.0. The minimum Gasteiger partial charge on any atom is -0.497 e. The molecule has 0 saturated carbocycles. The monoisotopic (exact) mass is 587 g/mol. The molecule has 1 aliphatic rings. The van der Waals surface area contributed by atoms with Gasteiger partial charge >= 0.3 is 6.18 Å². The number of nitriles is 1. The molecule has 2 heterocycles. The van der Waals surface area contributed by atoms with Gasteiger partial charge in [0.05, 0.1) is 12.7 Å². The number of hydrogen-bond acceptors (Lipinski definition) is 7. The smallest absolute Gasteiger partial charge is 0.416 e. The van der Waals surface area contributed by atoms with Crippen LogP contribution < -0.4 is 24.3 Å². The van der Waals surface area contributed by atoms with Gasteiger partial charge in [0.2, 0.25) is 12.7 Å². The second-order valence-electron chi connectivity index (χ2n) is 9.31. The van der Waals surface area contributed by atoms with Crippen LogP contribution in [-0.2, 0) is 6.18 Å². The van der Waals surface area contributed by atoms with E-state index in [9.17, 15) is 23.2 Å². The Kier molecular flexibility index (Phi) is 8.20. The van der Waals surface area contributed by atoms with E-state index in [0.717, 1.165) is 24.3 Å². The molecule has 0 fully saturated rings. The number of amides is 1. The summed E-state index contributed by atoms with van der Waals surface area (Å²) in [7, 11) is 1.55. The molecule has 0 unspecified atom stereocenters. The average Bonchev–Trinajstić information content (AvgIpc) is 3.47. The average molecular weight is 588 g/mol. The number of aromatic nitrogens is 1. The van der Waals surface area contributed by atoms with Crippen molar-refractivity contribution in [2.75, 3.05) is 20.4 Å². The Hall–Kier alpha value is -5.50. The number of ether oxygens (including phenoxy) is 4. The molecule has 43 heavy (non-hydrogen) atoms. The molecule has 4 aromatic rings. The van der Waals surface area contributed by atoms with E-state index in [1.807, 2.05) is 12.1 Å². The van der Waals surface area contributed by atoms with Gasteiger partial charge in [-0.15, -0.1) is 0 Å². The second kappa shape index (κ2) is 12.2. The third-order valence-electron chi connectivity index (χ3n) is 6.58. The predicted octanol–water partition coefficient (Wildman–Crippen LogP) is 6.92. The fraction of sp³-hybridized carbons (Fsp3) is 0.156. The lowest BCUT2D eigenvalue weighted by Crippen LogP contribution is -2.23. The first-order valence-electron chi connectivity index (χ1n) is 13.0. The van der Waals surface area contributed by atoms with E-state index in [0.29, 0.717) is 45.4 Å². The number of nitrogens with zero attached hydrogens (tertiary/aromatic N) is 2. The number of carbonyl (C=O) groups excluding carboxylic acids is 1. The highest BCUT2D eigenvalue weighted by Crippen LogP contribution is 2.40. The van der Waals surface area contributed by atoms with Crippen molar-refractivity contribution in [3.05, 3.63) is 101 Å². The summed E-state index contributed by atoms with van der Waals surface area (Å²) in [4.78, 5) is 17.1. The first-order valence-corrected chi connectivity index (χ1v) is 13.0. The fourth-order valence-corrected chi connectivity index (χ4v) is 4.42. The molecule has 1 amide bonds. The fourth-order valence-electron chi connectivity index (χ4n) is 4.42. The molecule has 1 N–H and O–H groups in total. The highest BCUT2D eigenvalue weighted by molar-refractivity contribution is 5.94. The molecule has 0 atom stereocenters. The van der Waals surface area contributed by atoms with Crippen molar-refractivity contribution < 1.29 is 36.9 Å². The van der Waals surface area contributed by atoms with Gasteiger partial charge in [0.15, 0.2) is 11.5 Å². The molecule has 5 rings (SSSR count). The summed E-state index contributed by atoms with van der Waals surface area (Å²) in [6.07, 6.45) is -1.10. The van der Waals surface area contributed by atoms with E-state index in [1.165, 1.54) is 0 Å². The maximum absolute atomic E-state index is 12.8. The van der Waals surface area contributed by atoms with Crippen molar-refractivity contribution in [2.45, 2.75) is 13.1 Å². The number of halogens is 3. The molecule has 0 spiro atoms. The van der Waals surface area contributed by atoms with Crippen LogP contribution in [0, 0.1) is 18.3 Å². The Morgan fingerprint density at radius 3 is 2.42 bits per heavy atom. The number of methoxy groups -OCH3 is 1. The predicted molar refractivity (Wildman–Crippen MR) is 151 cm³/mol. The van der Waals surface area contributed by atoms with Crippen LogP contribution in [0.5, 0.6) is 28.9 Å². The minimum atomic E-state index is -4.49. The van der Waals surface area contributed by atoms with Gasteiger partial charge in [-0.3, -0.25) is 4.79 Å². The van der Waals surface area contributed by atoms with Gasteiger partial charge in [-0.05, 0) is 61.0 Å². The molecule has 0 bridgehead atoms. The normalized spacial score (nSPS) is 12.2. The van der Waals surface area contributed by atoms with E-state index in [2.05, 4.69) is 16.4 Å². The molecular weight excluding hydrogens is 563 g/mol. The molecule has 0 saturated heterocycles. The molecule has 218 valence electrons. The van der Waals surface area contributed by atoms with Crippen molar-refractivity contribution in [3.8, 4) is 46.1 Å². The largest absolute Gasteiger partial charge is 0.497 e. The number of benzene rings is 3. The summed E-state index contributed by atoms with van der Waals surface area (Å²) in [6, 6.07) is 18.4. The quantitative estimate of drug-likeness (QED) is 0.239. The molecule has 1 aliphatic heterocycles. The molecular formula is C32H24F3N3O5. The van der Waals surface area contributed by atoms with Crippen LogP contribution in [0.1, 0.15) is 32.7 Å². The lowest BCUT2D eigenvalue weighted by atomic mass is 9.94. The standard InChI is InChI=1S/C32H24F3N3O5/c1-19-25(4-3-15-37-30(39)21-5-9-22(10-6-21)32(33,34)35)29(20-7-11-23(40-2)12-8-20)26(17-36)31(38-19)43-24-13-14-27-28(16-24)42-18-41-27/h3-14,16H,15,18H2,1-2H3,(H,37,39). The summed E-state index contributed by atoms with van der Waals surface area (Å²) in [5.74, 6) is 1.70. The van der Waals surface area contributed by atoms with Gasteiger partial charge < -0.3 is 24.3 Å². The van der Waals surface area contributed by atoms with Crippen LogP contribution in [0.3, 0.4) is 0 Å². The molecule has 0 aliphatic carbocycles. The Morgan fingerprint density at radius 1 is 1.05 bits per heavy atom. The summed E-state index contributed by atoms with van der Waals surface area (Å²) in [5.41, 5.74) is 1.86. The number of fused-ring (bicyclic) bond motifs is 1. The summed E-state index contributed by atoms with van der Waals surface area (Å²) >= 11 is 0. The lowest BCUT2D eigenvalue weighted by molar-refractivity contribution is -0.137. The molecule has 1 aromatic heterocycles. The number of carbonyl (C=O) groups is 1. The third-order valence-corrected chi connectivity index (χ3v) is 6.58. The van der Waals surface area contributed by atoms with E-state index in [1.54, 1.807) is 56.5 Å². The van der Waals surface area contributed by atoms with Crippen molar-refractivity contribution in [2.24, 2.45) is 0 Å². The number of alkyl halides is 3. The van der Waals surface area contributed by atoms with E-state index < -0.39 is 17.6 Å². The minimum absolute atomic E-state index is 0.0681. The zero-order chi connectivity index (χ0) is 30.6. The maximum atomic E-state index is 12.8. The maximum Gasteiger partial charge on any atom is 0.416 e. The van der Waals surface area contributed by atoms with Crippen LogP contribution >= 0.6 is 0 Å². The second-order valence-corrected chi connectivity index (χ2v) is 9.31. The Morgan fingerprint density at radius 2 is 1.74 bits per heavy atom. The Labute approximate surface area is 244 Å². The Balaban J connectivity index is 1.44. The molecule has 11 heteroatoms. The number of nitrogens with one attached hydrogen (secondary N) is 1. The number of aryl methyl sites for hydroxylation is 1. The van der Waals surface area contributed by atoms with Crippen LogP contribution in [0.4, 0.5) is 13.2 Å². The van der Waals surface area contributed by atoms with Gasteiger partial charge in [-0.2, -0.15) is 18.4 Å². The van der Waals surface area contributed by atoms with E-state index >= 15 is 0 Å². The van der Waals surface area contributed by atoms with Crippen LogP contribution in [0.15, 0.2) is 72.8 Å². The molecule has 3 aromatic carbocycles. The van der Waals surface area contributed by atoms with Gasteiger partial charge in [0, 0.05) is 35.0 Å². The first kappa shape index (κ1) is 29.0. The Bertz CT molecular complexity index is 1730. The molecule has 8 nitrogen and oxygen atoms in total. The van der Waals surface area contributed by atoms with E-state index in [-0.39, 0.29) is 30.3 Å². The number of rotatable bonds is 8. The molecule has 0 radical (unpaired) electrons. The van der Waals surface area contributed by atoms with Crippen molar-refractivity contribution in [1.82, 2.24) is 10.3 Å². The number of hydrogen-bond donors (Lipinski definition) is 1. The summed E-state index contributed by atoms with van der Waals surface area (Å²) in [5, 5.41) is 12.9. The van der Waals surface area contributed by atoms with Gasteiger partial charge in [-0.25, -0.2) is 4.98 Å². The van der Waals surface area contributed by atoms with Gasteiger partial charge in [0.1, 0.15) is 23.1 Å². The highest BCUT2D eigenvalue weighted by Gasteiger charge is 2.30. The number of pyridine rings is 1. The van der Waals surface area contributed by atoms with Crippen molar-refractivity contribution >= 4 is 12.0 Å². The SMILES string of the molecule is COc1ccc(-c2c(C#N)c(Oc3ccc4c(c3)OCO4)nc(C)c2C=CCNC(=O)c2ccc(C(F)(F)F)cc2)cc1. The summed E-state index contributed by atoms with van der Waals surface area (Å²) in [6.45, 7) is 1.94. The lowest BCUT2D eigenvalue weighted by Gasteiger charge is -2.16. The third kappa shape index (κ3) is 6.38. The van der Waals surface area contributed by atoms with E-state index in [4.69, 9.17) is 18.9 Å². The van der Waals surface area contributed by atoms with Crippen molar-refractivity contribution in [1.29, 1.82) is 5.26 Å². The van der Waals surface area contributed by atoms with Gasteiger partial charge in [0.25, 0.3) is 5.91 Å².